The van der Waals surface area contributed by atoms with Crippen LogP contribution in [-0.4, -0.2) is 38.9 Å². The minimum atomic E-state index is -3.52. The molecule has 0 radical (unpaired) electrons. The lowest BCUT2D eigenvalue weighted by Gasteiger charge is -2.13. The summed E-state index contributed by atoms with van der Waals surface area (Å²) in [6, 6.07) is 11.1. The van der Waals surface area contributed by atoms with E-state index in [-0.39, 0.29) is 0 Å². The van der Waals surface area contributed by atoms with Crippen LogP contribution in [0.1, 0.15) is 5.56 Å². The number of methoxy groups -OCH3 is 1. The van der Waals surface area contributed by atoms with E-state index in [9.17, 15) is 8.42 Å². The first-order valence-corrected chi connectivity index (χ1v) is 8.38. The Morgan fingerprint density at radius 2 is 1.91 bits per heavy atom. The van der Waals surface area contributed by atoms with Crippen molar-refractivity contribution in [3.8, 4) is 5.75 Å². The summed E-state index contributed by atoms with van der Waals surface area (Å²) in [5.41, 5.74) is 1.41. The zero-order chi connectivity index (χ0) is 16.9. The summed E-state index contributed by atoms with van der Waals surface area (Å²) < 4.78 is 32.3. The van der Waals surface area contributed by atoms with E-state index in [2.05, 4.69) is 15.0 Å². The number of hydrogen-bond donors (Lipinski definition) is 2. The summed E-state index contributed by atoms with van der Waals surface area (Å²) in [4.78, 5) is 4.20. The molecule has 2 rings (SSSR count). The van der Waals surface area contributed by atoms with Gasteiger partial charge in [0.25, 0.3) is 0 Å². The Balaban J connectivity index is 2.00. The summed E-state index contributed by atoms with van der Waals surface area (Å²) in [5, 5.41) is 3.17. The topological polar surface area (TPSA) is 83.6 Å². The van der Waals surface area contributed by atoms with E-state index in [1.807, 2.05) is 24.3 Å². The Labute approximate surface area is 136 Å². The molecule has 0 atom stereocenters. The Hall–Kier alpha value is -2.32. The largest absolute Gasteiger partial charge is 0.496 e. The Morgan fingerprint density at radius 1 is 1.17 bits per heavy atom. The molecule has 23 heavy (non-hydrogen) atoms. The number of pyridine rings is 1. The van der Waals surface area contributed by atoms with E-state index in [1.165, 1.54) is 20.3 Å². The van der Waals surface area contributed by atoms with Gasteiger partial charge in [-0.2, -0.15) is 12.7 Å². The first-order chi connectivity index (χ1) is 10.9. The second-order valence-corrected chi connectivity index (χ2v) is 6.87. The third kappa shape index (κ3) is 4.57. The average Bonchev–Trinajstić information content (AvgIpc) is 2.54. The van der Waals surface area contributed by atoms with E-state index in [4.69, 9.17) is 4.74 Å². The van der Waals surface area contributed by atoms with E-state index in [0.717, 1.165) is 15.6 Å². The van der Waals surface area contributed by atoms with Gasteiger partial charge >= 0.3 is 10.2 Å². The van der Waals surface area contributed by atoms with Crippen LogP contribution in [0.4, 0.5) is 11.5 Å². The number of nitrogens with zero attached hydrogens (tertiary/aromatic N) is 2. The van der Waals surface area contributed by atoms with Crippen molar-refractivity contribution in [1.82, 2.24) is 9.29 Å². The molecule has 0 saturated heterocycles. The first kappa shape index (κ1) is 17.0. The van der Waals surface area contributed by atoms with Crippen LogP contribution in [-0.2, 0) is 16.8 Å². The molecule has 0 aliphatic rings. The Morgan fingerprint density at radius 3 is 2.52 bits per heavy atom. The smallest absolute Gasteiger partial charge is 0.301 e. The van der Waals surface area contributed by atoms with Crippen molar-refractivity contribution < 1.29 is 13.2 Å². The molecule has 0 amide bonds. The van der Waals surface area contributed by atoms with Crippen molar-refractivity contribution >= 4 is 21.7 Å². The lowest BCUT2D eigenvalue weighted by molar-refractivity contribution is 0.410. The number of nitrogens with one attached hydrogen (secondary N) is 2. The minimum Gasteiger partial charge on any atom is -0.496 e. The number of ether oxygens (including phenoxy) is 1. The fourth-order valence-electron chi connectivity index (χ4n) is 1.83. The summed E-state index contributed by atoms with van der Waals surface area (Å²) in [7, 11) is 1.02. The second-order valence-electron chi connectivity index (χ2n) is 4.99. The molecular formula is C15H20N4O3S. The number of anilines is 2. The van der Waals surface area contributed by atoms with Crippen molar-refractivity contribution in [2.45, 2.75) is 6.54 Å². The lowest BCUT2D eigenvalue weighted by Crippen LogP contribution is -2.28. The van der Waals surface area contributed by atoms with Crippen LogP contribution >= 0.6 is 0 Å². The van der Waals surface area contributed by atoms with Crippen LogP contribution in [0, 0.1) is 0 Å². The number of hydrogen-bond acceptors (Lipinski definition) is 5. The van der Waals surface area contributed by atoms with Crippen LogP contribution in [0.25, 0.3) is 0 Å². The fourth-order valence-corrected chi connectivity index (χ4v) is 2.43. The van der Waals surface area contributed by atoms with Crippen LogP contribution in [0.3, 0.4) is 0 Å². The molecule has 2 aromatic rings. The third-order valence-corrected chi connectivity index (χ3v) is 4.60. The second kappa shape index (κ2) is 7.30. The summed E-state index contributed by atoms with van der Waals surface area (Å²) in [6.45, 7) is 0.555. The maximum atomic E-state index is 11.7. The molecule has 1 heterocycles. The van der Waals surface area contributed by atoms with Crippen LogP contribution in [0.15, 0.2) is 42.6 Å². The predicted molar refractivity (Wildman–Crippen MR) is 90.8 cm³/mol. The minimum absolute atomic E-state index is 0.404. The number of para-hydroxylation sites is 1. The number of benzene rings is 1. The van der Waals surface area contributed by atoms with Crippen molar-refractivity contribution in [2.24, 2.45) is 0 Å². The number of aromatic nitrogens is 1. The van der Waals surface area contributed by atoms with E-state index >= 15 is 0 Å². The highest BCUT2D eigenvalue weighted by Crippen LogP contribution is 2.19. The van der Waals surface area contributed by atoms with Gasteiger partial charge in [-0.1, -0.05) is 18.2 Å². The third-order valence-electron chi connectivity index (χ3n) is 3.14. The zero-order valence-corrected chi connectivity index (χ0v) is 14.1. The molecular weight excluding hydrogens is 316 g/mol. The molecule has 0 unspecified atom stereocenters. The normalized spacial score (nSPS) is 11.3. The highest BCUT2D eigenvalue weighted by Gasteiger charge is 2.12. The molecule has 7 nitrogen and oxygen atoms in total. The van der Waals surface area contributed by atoms with Crippen LogP contribution < -0.4 is 14.8 Å². The fraction of sp³-hybridized carbons (Fsp3) is 0.267. The SMILES string of the molecule is COc1ccccc1CNc1ccc(NS(=O)(=O)N(C)C)cn1. The first-order valence-electron chi connectivity index (χ1n) is 6.94. The monoisotopic (exact) mass is 336 g/mol. The maximum absolute atomic E-state index is 11.7. The quantitative estimate of drug-likeness (QED) is 0.807. The van der Waals surface area contributed by atoms with Crippen molar-refractivity contribution in [1.29, 1.82) is 0 Å². The van der Waals surface area contributed by atoms with Crippen LogP contribution in [0.2, 0.25) is 0 Å². The summed E-state index contributed by atoms with van der Waals surface area (Å²) in [6.07, 6.45) is 1.46. The van der Waals surface area contributed by atoms with Gasteiger partial charge in [-0.3, -0.25) is 4.72 Å². The van der Waals surface area contributed by atoms with Gasteiger partial charge in [0.1, 0.15) is 11.6 Å². The molecule has 1 aromatic heterocycles. The van der Waals surface area contributed by atoms with Gasteiger partial charge in [0.05, 0.1) is 19.0 Å². The van der Waals surface area contributed by atoms with Gasteiger partial charge in [-0.05, 0) is 18.2 Å². The molecule has 0 saturated carbocycles. The average molecular weight is 336 g/mol. The number of rotatable bonds is 7. The summed E-state index contributed by atoms with van der Waals surface area (Å²) in [5.74, 6) is 1.44. The van der Waals surface area contributed by atoms with Gasteiger partial charge in [0.15, 0.2) is 0 Å². The van der Waals surface area contributed by atoms with Gasteiger partial charge in [0, 0.05) is 26.2 Å². The predicted octanol–water partition coefficient (Wildman–Crippen LogP) is 1.92. The Bertz CT molecular complexity index is 746. The molecule has 2 N–H and O–H groups in total. The standard InChI is InChI=1S/C15H20N4O3S/c1-19(2)23(20,21)18-13-8-9-15(17-11-13)16-10-12-6-4-5-7-14(12)22-3/h4-9,11,18H,10H2,1-3H3,(H,16,17). The van der Waals surface area contributed by atoms with Gasteiger partial charge in [0.2, 0.25) is 0 Å². The van der Waals surface area contributed by atoms with Crippen LogP contribution in [0.5, 0.6) is 5.75 Å². The molecule has 8 heteroatoms. The van der Waals surface area contributed by atoms with Gasteiger partial charge < -0.3 is 10.1 Å². The molecule has 1 aromatic carbocycles. The molecule has 0 aliphatic heterocycles. The molecule has 0 aliphatic carbocycles. The van der Waals surface area contributed by atoms with Gasteiger partial charge in [-0.15, -0.1) is 0 Å². The molecule has 0 spiro atoms. The van der Waals surface area contributed by atoms with E-state index in [1.54, 1.807) is 19.2 Å². The maximum Gasteiger partial charge on any atom is 0.301 e. The van der Waals surface area contributed by atoms with Crippen molar-refractivity contribution in [3.63, 3.8) is 0 Å². The Kier molecular flexibility index (Phi) is 5.41. The van der Waals surface area contributed by atoms with Crippen molar-refractivity contribution in [2.75, 3.05) is 31.2 Å². The lowest BCUT2D eigenvalue weighted by atomic mass is 10.2. The van der Waals surface area contributed by atoms with E-state index < -0.39 is 10.2 Å². The summed E-state index contributed by atoms with van der Waals surface area (Å²) >= 11 is 0. The van der Waals surface area contributed by atoms with Crippen molar-refractivity contribution in [3.05, 3.63) is 48.2 Å². The highest BCUT2D eigenvalue weighted by molar-refractivity contribution is 7.90. The zero-order valence-electron chi connectivity index (χ0n) is 13.3. The molecule has 124 valence electrons. The van der Waals surface area contributed by atoms with Gasteiger partial charge in [-0.25, -0.2) is 4.98 Å². The molecule has 0 fully saturated rings. The highest BCUT2D eigenvalue weighted by atomic mass is 32.2. The molecule has 0 bridgehead atoms. The van der Waals surface area contributed by atoms with E-state index in [0.29, 0.717) is 18.1 Å².